The molecule has 2 atom stereocenters. The minimum absolute atomic E-state index is 0.0127. The van der Waals surface area contributed by atoms with Gasteiger partial charge < -0.3 is 19.5 Å². The largest absolute Gasteiger partial charge is 0.483 e. The van der Waals surface area contributed by atoms with Crippen molar-refractivity contribution in [2.75, 3.05) is 26.3 Å². The van der Waals surface area contributed by atoms with Gasteiger partial charge in [-0.3, -0.25) is 0 Å². The molecule has 1 aliphatic heterocycles. The van der Waals surface area contributed by atoms with Gasteiger partial charge in [-0.2, -0.15) is 0 Å². The summed E-state index contributed by atoms with van der Waals surface area (Å²) >= 11 is 0. The third-order valence-electron chi connectivity index (χ3n) is 4.11. The number of hydrogen-bond acceptors (Lipinski definition) is 4. The fraction of sp³-hybridized carbons (Fsp3) is 0.400. The fourth-order valence-electron chi connectivity index (χ4n) is 2.87. The van der Waals surface area contributed by atoms with Gasteiger partial charge in [-0.25, -0.2) is 0 Å². The number of hydrogen-bond donors (Lipinski definition) is 1. The second-order valence-corrected chi connectivity index (χ2v) is 5.81. The second-order valence-electron chi connectivity index (χ2n) is 5.81. The molecule has 4 heteroatoms. The summed E-state index contributed by atoms with van der Waals surface area (Å²) in [6, 6.07) is 18.3. The molecule has 0 aliphatic carbocycles. The zero-order valence-electron chi connectivity index (χ0n) is 14.1. The van der Waals surface area contributed by atoms with Gasteiger partial charge in [-0.1, -0.05) is 48.5 Å². The molecular weight excluding hydrogens is 302 g/mol. The van der Waals surface area contributed by atoms with E-state index in [9.17, 15) is 0 Å². The Morgan fingerprint density at radius 2 is 1.92 bits per heavy atom. The van der Waals surface area contributed by atoms with E-state index >= 15 is 0 Å². The van der Waals surface area contributed by atoms with Crippen molar-refractivity contribution in [3.63, 3.8) is 0 Å². The Balaban J connectivity index is 1.84. The van der Waals surface area contributed by atoms with Crippen LogP contribution >= 0.6 is 0 Å². The lowest BCUT2D eigenvalue weighted by Crippen LogP contribution is -2.43. The number of rotatable bonds is 7. The standard InChI is InChI=1S/C20H25NO3/c1-2-22-15-17-10-6-7-11-18(17)24-20(16-8-4-3-5-9-16)19-14-21-12-13-23-19/h3-11,19-21H,2,12-15H2,1H3/t19-,20?/m0/s1. The number of nitrogens with one attached hydrogen (secondary N) is 1. The lowest BCUT2D eigenvalue weighted by Gasteiger charge is -2.32. The Labute approximate surface area is 143 Å². The highest BCUT2D eigenvalue weighted by Gasteiger charge is 2.28. The molecule has 1 heterocycles. The van der Waals surface area contributed by atoms with Gasteiger partial charge in [0.2, 0.25) is 0 Å². The molecule has 1 saturated heterocycles. The van der Waals surface area contributed by atoms with Crippen molar-refractivity contribution in [3.05, 3.63) is 65.7 Å². The molecule has 1 aliphatic rings. The maximum Gasteiger partial charge on any atom is 0.151 e. The zero-order chi connectivity index (χ0) is 16.6. The molecule has 0 spiro atoms. The van der Waals surface area contributed by atoms with Crippen molar-refractivity contribution < 1.29 is 14.2 Å². The maximum atomic E-state index is 6.42. The third-order valence-corrected chi connectivity index (χ3v) is 4.11. The highest BCUT2D eigenvalue weighted by molar-refractivity contribution is 5.34. The minimum atomic E-state index is -0.151. The van der Waals surface area contributed by atoms with E-state index in [2.05, 4.69) is 17.4 Å². The van der Waals surface area contributed by atoms with Crippen molar-refractivity contribution >= 4 is 0 Å². The first-order valence-electron chi connectivity index (χ1n) is 8.58. The lowest BCUT2D eigenvalue weighted by molar-refractivity contribution is -0.0439. The summed E-state index contributed by atoms with van der Waals surface area (Å²) in [7, 11) is 0. The Morgan fingerprint density at radius 3 is 2.67 bits per heavy atom. The zero-order valence-corrected chi connectivity index (χ0v) is 14.1. The summed E-state index contributed by atoms with van der Waals surface area (Å²) in [6.07, 6.45) is -0.164. The molecule has 1 unspecified atom stereocenters. The van der Waals surface area contributed by atoms with Gasteiger partial charge in [0.1, 0.15) is 11.9 Å². The van der Waals surface area contributed by atoms with E-state index in [0.29, 0.717) is 19.8 Å². The topological polar surface area (TPSA) is 39.7 Å². The molecule has 0 bridgehead atoms. The van der Waals surface area contributed by atoms with Gasteiger partial charge in [0.15, 0.2) is 6.10 Å². The first kappa shape index (κ1) is 17.0. The fourth-order valence-corrected chi connectivity index (χ4v) is 2.87. The van der Waals surface area contributed by atoms with E-state index in [1.165, 1.54) is 0 Å². The molecule has 2 aromatic rings. The first-order valence-corrected chi connectivity index (χ1v) is 8.58. The van der Waals surface area contributed by atoms with E-state index in [1.54, 1.807) is 0 Å². The van der Waals surface area contributed by atoms with E-state index in [0.717, 1.165) is 30.0 Å². The number of ether oxygens (including phenoxy) is 3. The SMILES string of the molecule is CCOCc1ccccc1OC(c1ccccc1)[C@@H]1CNCCO1. The van der Waals surface area contributed by atoms with Crippen LogP contribution in [0, 0.1) is 0 Å². The van der Waals surface area contributed by atoms with Gasteiger partial charge in [0, 0.05) is 25.3 Å². The summed E-state index contributed by atoms with van der Waals surface area (Å²) in [5.74, 6) is 0.856. The summed E-state index contributed by atoms with van der Waals surface area (Å²) < 4.78 is 18.0. The highest BCUT2D eigenvalue weighted by atomic mass is 16.5. The van der Waals surface area contributed by atoms with Crippen molar-refractivity contribution in [2.45, 2.75) is 25.7 Å². The van der Waals surface area contributed by atoms with Crippen LogP contribution in [0.25, 0.3) is 0 Å². The smallest absolute Gasteiger partial charge is 0.151 e. The van der Waals surface area contributed by atoms with Crippen LogP contribution < -0.4 is 10.1 Å². The Morgan fingerprint density at radius 1 is 1.12 bits per heavy atom. The number of benzene rings is 2. The Bertz CT molecular complexity index is 611. The molecule has 1 fully saturated rings. The normalized spacial score (nSPS) is 19.0. The summed E-state index contributed by atoms with van der Waals surface area (Å²) in [5, 5.41) is 3.39. The van der Waals surface area contributed by atoms with Crippen LogP contribution in [0.4, 0.5) is 0 Å². The average Bonchev–Trinajstić information content (AvgIpc) is 2.66. The minimum Gasteiger partial charge on any atom is -0.483 e. The monoisotopic (exact) mass is 327 g/mol. The molecule has 0 saturated carbocycles. The molecule has 0 amide bonds. The van der Waals surface area contributed by atoms with Crippen molar-refractivity contribution in [1.29, 1.82) is 0 Å². The quantitative estimate of drug-likeness (QED) is 0.847. The van der Waals surface area contributed by atoms with Crippen molar-refractivity contribution in [2.24, 2.45) is 0 Å². The van der Waals surface area contributed by atoms with Crippen LogP contribution in [-0.4, -0.2) is 32.4 Å². The molecule has 24 heavy (non-hydrogen) atoms. The summed E-state index contributed by atoms with van der Waals surface area (Å²) in [5.41, 5.74) is 2.18. The van der Waals surface area contributed by atoms with Gasteiger partial charge in [-0.05, 0) is 18.6 Å². The van der Waals surface area contributed by atoms with Gasteiger partial charge >= 0.3 is 0 Å². The molecule has 0 radical (unpaired) electrons. The number of morpholine rings is 1. The van der Waals surface area contributed by atoms with Gasteiger partial charge in [-0.15, -0.1) is 0 Å². The van der Waals surface area contributed by atoms with E-state index in [-0.39, 0.29) is 12.2 Å². The third kappa shape index (κ3) is 4.35. The molecule has 3 rings (SSSR count). The van der Waals surface area contributed by atoms with Crippen LogP contribution in [0.5, 0.6) is 5.75 Å². The van der Waals surface area contributed by atoms with Crippen LogP contribution in [0.2, 0.25) is 0 Å². The lowest BCUT2D eigenvalue weighted by atomic mass is 10.0. The maximum absolute atomic E-state index is 6.42. The first-order chi connectivity index (χ1) is 11.9. The molecule has 2 aromatic carbocycles. The Kier molecular flexibility index (Phi) is 6.24. The van der Waals surface area contributed by atoms with E-state index in [4.69, 9.17) is 14.2 Å². The average molecular weight is 327 g/mol. The predicted molar refractivity (Wildman–Crippen MR) is 94.2 cm³/mol. The summed E-state index contributed by atoms with van der Waals surface area (Å²) in [6.45, 7) is 5.62. The molecular formula is C20H25NO3. The highest BCUT2D eigenvalue weighted by Crippen LogP contribution is 2.30. The van der Waals surface area contributed by atoms with Gasteiger partial charge in [0.05, 0.1) is 13.2 Å². The van der Waals surface area contributed by atoms with Crippen LogP contribution in [-0.2, 0) is 16.1 Å². The Hall–Kier alpha value is -1.88. The molecule has 0 aromatic heterocycles. The predicted octanol–water partition coefficient (Wildman–Crippen LogP) is 3.33. The van der Waals surface area contributed by atoms with E-state index in [1.807, 2.05) is 49.4 Å². The molecule has 4 nitrogen and oxygen atoms in total. The van der Waals surface area contributed by atoms with Crippen molar-refractivity contribution in [1.82, 2.24) is 5.32 Å². The summed E-state index contributed by atoms with van der Waals surface area (Å²) in [4.78, 5) is 0. The van der Waals surface area contributed by atoms with Crippen LogP contribution in [0.1, 0.15) is 24.2 Å². The molecule has 128 valence electrons. The van der Waals surface area contributed by atoms with Crippen LogP contribution in [0.3, 0.4) is 0 Å². The van der Waals surface area contributed by atoms with Crippen molar-refractivity contribution in [3.8, 4) is 5.75 Å². The second kappa shape index (κ2) is 8.83. The van der Waals surface area contributed by atoms with E-state index < -0.39 is 0 Å². The van der Waals surface area contributed by atoms with Gasteiger partial charge in [0.25, 0.3) is 0 Å². The number of para-hydroxylation sites is 1. The van der Waals surface area contributed by atoms with Crippen LogP contribution in [0.15, 0.2) is 54.6 Å². The molecule has 1 N–H and O–H groups in total.